The number of fused-ring (bicyclic) bond motifs is 1. The number of ether oxygens (including phenoxy) is 1. The quantitative estimate of drug-likeness (QED) is 0.630. The smallest absolute Gasteiger partial charge is 0.333 e. The third-order valence-corrected chi connectivity index (χ3v) is 4.61. The Morgan fingerprint density at radius 3 is 2.72 bits per heavy atom. The molecule has 3 aromatic heterocycles. The van der Waals surface area contributed by atoms with Crippen LogP contribution < -0.4 is 15.0 Å². The highest BCUT2D eigenvalue weighted by molar-refractivity contribution is 5.94. The molecule has 0 bridgehead atoms. The standard InChI is InChI=1S/C21H17F3N6O2/c1-13(17-5-4-16(22)11-25-17)28-21(31)29-6-7-32-19-18(29)8-14(9-26-19)2-3-15-10-27-30(12-15)20(23)24/h4-5,8-13,20H,6-7H2,1H3,(H,28,31)/t13-/m0/s1. The Kier molecular flexibility index (Phi) is 5.93. The van der Waals surface area contributed by atoms with E-state index in [1.807, 2.05) is 0 Å². The molecule has 1 aliphatic heterocycles. The van der Waals surface area contributed by atoms with Crippen LogP contribution in [0.15, 0.2) is 43.0 Å². The third-order valence-electron chi connectivity index (χ3n) is 4.61. The van der Waals surface area contributed by atoms with E-state index in [2.05, 4.69) is 32.2 Å². The van der Waals surface area contributed by atoms with Crippen LogP contribution in [0.4, 0.5) is 23.7 Å². The van der Waals surface area contributed by atoms with Crippen LogP contribution in [0.3, 0.4) is 0 Å². The van der Waals surface area contributed by atoms with Gasteiger partial charge < -0.3 is 10.1 Å². The average molecular weight is 442 g/mol. The van der Waals surface area contributed by atoms with Gasteiger partial charge in [0, 0.05) is 18.0 Å². The fourth-order valence-electron chi connectivity index (χ4n) is 3.01. The molecule has 164 valence electrons. The molecule has 4 rings (SSSR count). The lowest BCUT2D eigenvalue weighted by molar-refractivity contribution is 0.0566. The van der Waals surface area contributed by atoms with Crippen molar-refractivity contribution in [3.63, 3.8) is 0 Å². The lowest BCUT2D eigenvalue weighted by Gasteiger charge is -2.29. The molecule has 0 aromatic carbocycles. The van der Waals surface area contributed by atoms with E-state index in [1.165, 1.54) is 29.4 Å². The van der Waals surface area contributed by atoms with Gasteiger partial charge in [-0.3, -0.25) is 9.88 Å². The van der Waals surface area contributed by atoms with Crippen molar-refractivity contribution < 1.29 is 22.7 Å². The van der Waals surface area contributed by atoms with Crippen LogP contribution in [0.1, 0.15) is 36.3 Å². The van der Waals surface area contributed by atoms with Crippen molar-refractivity contribution in [2.75, 3.05) is 18.1 Å². The minimum atomic E-state index is -2.74. The summed E-state index contributed by atoms with van der Waals surface area (Å²) in [6.45, 7) is -0.469. The van der Waals surface area contributed by atoms with Gasteiger partial charge in [0.15, 0.2) is 0 Å². The van der Waals surface area contributed by atoms with Gasteiger partial charge >= 0.3 is 12.6 Å². The Labute approximate surface area is 181 Å². The number of carbonyl (C=O) groups is 1. The number of alkyl halides is 2. The van der Waals surface area contributed by atoms with Crippen molar-refractivity contribution in [3.8, 4) is 17.7 Å². The molecule has 32 heavy (non-hydrogen) atoms. The number of carbonyl (C=O) groups excluding carboxylic acids is 1. The summed E-state index contributed by atoms with van der Waals surface area (Å²) in [5, 5.41) is 6.35. The molecule has 0 fully saturated rings. The number of nitrogens with zero attached hydrogens (tertiary/aromatic N) is 5. The number of halogens is 3. The first-order valence-corrected chi connectivity index (χ1v) is 9.57. The van der Waals surface area contributed by atoms with Gasteiger partial charge in [-0.15, -0.1) is 0 Å². The first-order chi connectivity index (χ1) is 15.4. The second-order valence-electron chi connectivity index (χ2n) is 6.86. The number of rotatable bonds is 3. The van der Waals surface area contributed by atoms with Crippen molar-refractivity contribution in [2.24, 2.45) is 0 Å². The van der Waals surface area contributed by atoms with Gasteiger partial charge in [-0.2, -0.15) is 13.9 Å². The molecule has 11 heteroatoms. The summed E-state index contributed by atoms with van der Waals surface area (Å²) in [6, 6.07) is 3.54. The van der Waals surface area contributed by atoms with Crippen LogP contribution in [0, 0.1) is 17.7 Å². The van der Waals surface area contributed by atoms with Crippen LogP contribution in [0.25, 0.3) is 0 Å². The fraction of sp³-hybridized carbons (Fsp3) is 0.238. The van der Waals surface area contributed by atoms with Crippen LogP contribution >= 0.6 is 0 Å². The number of anilines is 1. The Morgan fingerprint density at radius 1 is 1.19 bits per heavy atom. The molecule has 0 radical (unpaired) electrons. The maximum Gasteiger partial charge on any atom is 0.333 e. The Hall–Kier alpha value is -4.07. The van der Waals surface area contributed by atoms with Crippen molar-refractivity contribution in [1.29, 1.82) is 0 Å². The molecule has 1 N–H and O–H groups in total. The Bertz CT molecular complexity index is 1190. The second kappa shape index (κ2) is 8.97. The van der Waals surface area contributed by atoms with Gasteiger partial charge in [-0.05, 0) is 25.1 Å². The van der Waals surface area contributed by atoms with E-state index in [1.54, 1.807) is 13.0 Å². The molecular formula is C21H17F3N6O2. The van der Waals surface area contributed by atoms with Gasteiger partial charge in [0.1, 0.15) is 18.1 Å². The van der Waals surface area contributed by atoms with Crippen molar-refractivity contribution in [1.82, 2.24) is 25.1 Å². The fourth-order valence-corrected chi connectivity index (χ4v) is 3.01. The molecule has 0 saturated heterocycles. The normalized spacial score (nSPS) is 13.6. The minimum absolute atomic E-state index is 0.258. The highest BCUT2D eigenvalue weighted by Crippen LogP contribution is 2.30. The first kappa shape index (κ1) is 21.2. The molecular weight excluding hydrogens is 425 g/mol. The zero-order chi connectivity index (χ0) is 22.7. The zero-order valence-corrected chi connectivity index (χ0v) is 16.8. The summed E-state index contributed by atoms with van der Waals surface area (Å²) in [4.78, 5) is 22.5. The van der Waals surface area contributed by atoms with Gasteiger partial charge in [-0.1, -0.05) is 11.8 Å². The molecule has 1 aliphatic rings. The van der Waals surface area contributed by atoms with E-state index in [0.717, 1.165) is 12.4 Å². The van der Waals surface area contributed by atoms with Crippen molar-refractivity contribution in [2.45, 2.75) is 19.5 Å². The molecule has 0 aliphatic carbocycles. The predicted molar refractivity (Wildman–Crippen MR) is 108 cm³/mol. The molecule has 2 amide bonds. The molecule has 3 aromatic rings. The van der Waals surface area contributed by atoms with E-state index in [4.69, 9.17) is 4.74 Å². The number of hydrogen-bond acceptors (Lipinski definition) is 5. The second-order valence-corrected chi connectivity index (χ2v) is 6.86. The molecule has 0 saturated carbocycles. The van der Waals surface area contributed by atoms with Crippen molar-refractivity contribution in [3.05, 3.63) is 65.6 Å². The summed E-state index contributed by atoms with van der Waals surface area (Å²) in [7, 11) is 0. The summed E-state index contributed by atoms with van der Waals surface area (Å²) in [5.74, 6) is 5.38. The lowest BCUT2D eigenvalue weighted by atomic mass is 10.2. The molecule has 0 unspecified atom stereocenters. The molecule has 0 spiro atoms. The lowest BCUT2D eigenvalue weighted by Crippen LogP contribution is -2.45. The minimum Gasteiger partial charge on any atom is -0.474 e. The number of hydrogen-bond donors (Lipinski definition) is 1. The highest BCUT2D eigenvalue weighted by Gasteiger charge is 2.26. The Balaban J connectivity index is 1.52. The number of urea groups is 1. The zero-order valence-electron chi connectivity index (χ0n) is 16.8. The molecule has 4 heterocycles. The third kappa shape index (κ3) is 4.64. The molecule has 8 nitrogen and oxygen atoms in total. The first-order valence-electron chi connectivity index (χ1n) is 9.57. The maximum atomic E-state index is 13.1. The van der Waals surface area contributed by atoms with E-state index in [-0.39, 0.29) is 19.0 Å². The van der Waals surface area contributed by atoms with Gasteiger partial charge in [0.2, 0.25) is 5.88 Å². The average Bonchev–Trinajstić information content (AvgIpc) is 3.27. The van der Waals surface area contributed by atoms with Gasteiger partial charge in [-0.25, -0.2) is 18.9 Å². The topological polar surface area (TPSA) is 85.2 Å². The van der Waals surface area contributed by atoms with Crippen LogP contribution in [-0.4, -0.2) is 38.9 Å². The highest BCUT2D eigenvalue weighted by atomic mass is 19.3. The number of amides is 2. The predicted octanol–water partition coefficient (Wildman–Crippen LogP) is 3.28. The van der Waals surface area contributed by atoms with Gasteiger partial charge in [0.25, 0.3) is 0 Å². The van der Waals surface area contributed by atoms with Crippen LogP contribution in [0.2, 0.25) is 0 Å². The summed E-state index contributed by atoms with van der Waals surface area (Å²) >= 11 is 0. The number of pyridine rings is 2. The largest absolute Gasteiger partial charge is 0.474 e. The summed E-state index contributed by atoms with van der Waals surface area (Å²) in [5.41, 5.74) is 1.71. The number of aromatic nitrogens is 4. The maximum absolute atomic E-state index is 13.1. The van der Waals surface area contributed by atoms with E-state index in [9.17, 15) is 18.0 Å². The van der Waals surface area contributed by atoms with Gasteiger partial charge in [0.05, 0.1) is 36.2 Å². The number of nitrogens with one attached hydrogen (secondary N) is 1. The van der Waals surface area contributed by atoms with E-state index >= 15 is 0 Å². The SMILES string of the molecule is C[C@H](NC(=O)N1CCOc2ncc(C#Cc3cnn(C(F)F)c3)cc21)c1ccc(F)cn1. The summed E-state index contributed by atoms with van der Waals surface area (Å²) in [6.07, 6.45) is 4.92. The van der Waals surface area contributed by atoms with E-state index < -0.39 is 24.4 Å². The molecule has 1 atom stereocenters. The van der Waals surface area contributed by atoms with Crippen molar-refractivity contribution >= 4 is 11.7 Å². The van der Waals surface area contributed by atoms with E-state index in [0.29, 0.717) is 27.2 Å². The van der Waals surface area contributed by atoms with Crippen LogP contribution in [-0.2, 0) is 0 Å². The summed E-state index contributed by atoms with van der Waals surface area (Å²) < 4.78 is 44.4. The monoisotopic (exact) mass is 442 g/mol. The Morgan fingerprint density at radius 2 is 2.00 bits per heavy atom. The van der Waals surface area contributed by atoms with Crippen LogP contribution in [0.5, 0.6) is 5.88 Å².